The largest absolute Gasteiger partial charge is 0.303 e. The first-order valence-electron chi connectivity index (χ1n) is 12.1. The van der Waals surface area contributed by atoms with E-state index in [9.17, 15) is 0 Å². The van der Waals surface area contributed by atoms with Gasteiger partial charge in [-0.2, -0.15) is 4.57 Å². The van der Waals surface area contributed by atoms with Crippen LogP contribution in [0.5, 0.6) is 0 Å². The predicted octanol–water partition coefficient (Wildman–Crippen LogP) is 7.91. The van der Waals surface area contributed by atoms with Crippen LogP contribution in [-0.4, -0.2) is 4.40 Å². The Kier molecular flexibility index (Phi) is 4.31. The van der Waals surface area contributed by atoms with Gasteiger partial charge in [-0.1, -0.05) is 84.9 Å². The van der Waals surface area contributed by atoms with Crippen molar-refractivity contribution in [3.63, 3.8) is 0 Å². The molecular weight excluding hydrogens is 424 g/mol. The Morgan fingerprint density at radius 1 is 0.514 bits per heavy atom. The van der Waals surface area contributed by atoms with Gasteiger partial charge in [0.25, 0.3) is 0 Å². The van der Waals surface area contributed by atoms with Crippen molar-refractivity contribution in [2.45, 2.75) is 6.92 Å². The Bertz CT molecular complexity index is 1980. The highest BCUT2D eigenvalue weighted by atomic mass is 15.0. The Morgan fingerprint density at radius 2 is 1.06 bits per heavy atom. The van der Waals surface area contributed by atoms with Gasteiger partial charge < -0.3 is 4.40 Å². The molecule has 0 spiro atoms. The molecule has 5 aromatic carbocycles. The SMILES string of the molecule is Cc1ccccc1-c1c2ccccc2c2ccccc2n2c3ccccc3c3cccc(c32)[n+]1C. The molecule has 166 valence electrons. The van der Waals surface area contributed by atoms with E-state index in [0.29, 0.717) is 0 Å². The molecule has 2 heteroatoms. The normalized spacial score (nSPS) is 11.7. The van der Waals surface area contributed by atoms with Gasteiger partial charge in [0, 0.05) is 27.8 Å². The number of fused-ring (bicyclic) bond motifs is 7. The van der Waals surface area contributed by atoms with Gasteiger partial charge in [-0.25, -0.2) is 0 Å². The van der Waals surface area contributed by atoms with Crippen LogP contribution in [0.4, 0.5) is 0 Å². The molecule has 0 aliphatic heterocycles. The molecule has 0 radical (unpaired) electrons. The van der Waals surface area contributed by atoms with Gasteiger partial charge in [0.15, 0.2) is 0 Å². The number of para-hydroxylation sites is 3. The summed E-state index contributed by atoms with van der Waals surface area (Å²) in [5.74, 6) is 0. The fourth-order valence-electron chi connectivity index (χ4n) is 5.81. The van der Waals surface area contributed by atoms with Gasteiger partial charge >= 0.3 is 0 Å². The fourth-order valence-corrected chi connectivity index (χ4v) is 5.81. The lowest BCUT2D eigenvalue weighted by Gasteiger charge is -2.07. The van der Waals surface area contributed by atoms with Crippen molar-refractivity contribution in [2.24, 2.45) is 7.05 Å². The summed E-state index contributed by atoms with van der Waals surface area (Å²) < 4.78 is 4.86. The Hall–Kier alpha value is -4.43. The second kappa shape index (κ2) is 7.54. The maximum absolute atomic E-state index is 2.46. The molecule has 7 rings (SSSR count). The van der Waals surface area contributed by atoms with Crippen LogP contribution in [0, 0.1) is 6.92 Å². The lowest BCUT2D eigenvalue weighted by atomic mass is 9.99. The number of hydrogen-bond donors (Lipinski definition) is 0. The molecule has 0 bridgehead atoms. The first-order valence-corrected chi connectivity index (χ1v) is 12.1. The summed E-state index contributed by atoms with van der Waals surface area (Å²) in [6, 6.07) is 41.8. The van der Waals surface area contributed by atoms with Crippen LogP contribution in [-0.2, 0) is 7.05 Å². The number of nitrogens with zero attached hydrogens (tertiary/aromatic N) is 2. The van der Waals surface area contributed by atoms with Crippen LogP contribution in [0.25, 0.3) is 60.3 Å². The van der Waals surface area contributed by atoms with Gasteiger partial charge in [0.1, 0.15) is 12.6 Å². The molecule has 0 amide bonds. The zero-order valence-corrected chi connectivity index (χ0v) is 19.9. The van der Waals surface area contributed by atoms with Crippen LogP contribution in [0.3, 0.4) is 0 Å². The van der Waals surface area contributed by atoms with Crippen molar-refractivity contribution in [3.8, 4) is 11.3 Å². The van der Waals surface area contributed by atoms with E-state index in [0.717, 1.165) is 0 Å². The number of aromatic nitrogens is 2. The van der Waals surface area contributed by atoms with Gasteiger partial charge in [-0.05, 0) is 42.1 Å². The quantitative estimate of drug-likeness (QED) is 0.225. The fraction of sp³-hybridized carbons (Fsp3) is 0.0606. The van der Waals surface area contributed by atoms with E-state index in [-0.39, 0.29) is 0 Å². The highest BCUT2D eigenvalue weighted by molar-refractivity contribution is 6.16. The average molecular weight is 450 g/mol. The lowest BCUT2D eigenvalue weighted by molar-refractivity contribution is -0.632. The molecule has 0 saturated heterocycles. The van der Waals surface area contributed by atoms with E-state index in [1.807, 2.05) is 0 Å². The molecule has 7 aromatic rings. The maximum atomic E-state index is 2.46. The number of hydrogen-bond acceptors (Lipinski definition) is 0. The molecule has 35 heavy (non-hydrogen) atoms. The van der Waals surface area contributed by atoms with Gasteiger partial charge in [-0.3, -0.25) is 0 Å². The molecule has 2 heterocycles. The predicted molar refractivity (Wildman–Crippen MR) is 148 cm³/mol. The molecule has 0 saturated carbocycles. The van der Waals surface area contributed by atoms with Crippen molar-refractivity contribution in [3.05, 3.63) is 121 Å². The monoisotopic (exact) mass is 449 g/mol. The van der Waals surface area contributed by atoms with Crippen LogP contribution >= 0.6 is 0 Å². The Balaban J connectivity index is 1.95. The molecule has 0 N–H and O–H groups in total. The van der Waals surface area contributed by atoms with Crippen molar-refractivity contribution in [1.29, 1.82) is 0 Å². The highest BCUT2D eigenvalue weighted by Crippen LogP contribution is 2.36. The first-order chi connectivity index (χ1) is 17.2. The Labute approximate surface area is 204 Å². The number of rotatable bonds is 1. The Morgan fingerprint density at radius 3 is 1.77 bits per heavy atom. The summed E-state index contributed by atoms with van der Waals surface area (Å²) in [4.78, 5) is 0. The molecule has 0 fully saturated rings. The van der Waals surface area contributed by atoms with Crippen LogP contribution < -0.4 is 4.57 Å². The maximum Gasteiger partial charge on any atom is 0.230 e. The number of aryl methyl sites for hydroxylation is 2. The molecule has 0 unspecified atom stereocenters. The molecule has 2 aromatic heterocycles. The first kappa shape index (κ1) is 20.0. The topological polar surface area (TPSA) is 8.29 Å². The molecule has 0 aliphatic carbocycles. The molecule has 2 nitrogen and oxygen atoms in total. The van der Waals surface area contributed by atoms with E-state index in [2.05, 4.69) is 138 Å². The lowest BCUT2D eigenvalue weighted by Crippen LogP contribution is -2.31. The zero-order valence-electron chi connectivity index (χ0n) is 19.9. The summed E-state index contributed by atoms with van der Waals surface area (Å²) in [7, 11) is 2.21. The van der Waals surface area contributed by atoms with Crippen LogP contribution in [0.2, 0.25) is 0 Å². The summed E-state index contributed by atoms with van der Waals surface area (Å²) in [6.07, 6.45) is 0. The van der Waals surface area contributed by atoms with Gasteiger partial charge in [0.2, 0.25) is 11.2 Å². The van der Waals surface area contributed by atoms with E-state index >= 15 is 0 Å². The smallest absolute Gasteiger partial charge is 0.230 e. The molecular formula is C33H25N2+. The third-order valence-corrected chi connectivity index (χ3v) is 7.39. The van der Waals surface area contributed by atoms with E-state index in [1.165, 1.54) is 65.8 Å². The second-order valence-corrected chi connectivity index (χ2v) is 9.31. The van der Waals surface area contributed by atoms with Crippen molar-refractivity contribution >= 4 is 49.0 Å². The second-order valence-electron chi connectivity index (χ2n) is 9.31. The summed E-state index contributed by atoms with van der Waals surface area (Å²) in [5.41, 5.74) is 8.61. The van der Waals surface area contributed by atoms with Crippen LogP contribution in [0.1, 0.15) is 5.56 Å². The van der Waals surface area contributed by atoms with Gasteiger partial charge in [-0.15, -0.1) is 0 Å². The number of benzene rings is 5. The summed E-state index contributed by atoms with van der Waals surface area (Å²) in [6.45, 7) is 2.21. The average Bonchev–Trinajstić information content (AvgIpc) is 3.25. The minimum Gasteiger partial charge on any atom is -0.303 e. The third-order valence-electron chi connectivity index (χ3n) is 7.39. The van der Waals surface area contributed by atoms with Crippen molar-refractivity contribution < 1.29 is 4.57 Å². The zero-order chi connectivity index (χ0) is 23.5. The highest BCUT2D eigenvalue weighted by Gasteiger charge is 2.22. The van der Waals surface area contributed by atoms with E-state index < -0.39 is 0 Å². The van der Waals surface area contributed by atoms with E-state index in [1.54, 1.807) is 0 Å². The van der Waals surface area contributed by atoms with E-state index in [4.69, 9.17) is 0 Å². The molecule has 0 atom stereocenters. The minimum atomic E-state index is 1.20. The van der Waals surface area contributed by atoms with Gasteiger partial charge in [0.05, 0.1) is 16.4 Å². The third kappa shape index (κ3) is 2.80. The van der Waals surface area contributed by atoms with Crippen molar-refractivity contribution in [2.75, 3.05) is 0 Å². The minimum absolute atomic E-state index is 1.20. The molecule has 0 aliphatic rings. The summed E-state index contributed by atoms with van der Waals surface area (Å²) in [5, 5.41) is 6.27. The summed E-state index contributed by atoms with van der Waals surface area (Å²) >= 11 is 0. The van der Waals surface area contributed by atoms with Crippen molar-refractivity contribution in [1.82, 2.24) is 4.40 Å². The standard InChI is InChI=1S/C33H25N2/c1-22-12-3-4-13-23(22)32-27-17-6-5-14-24(27)25-15-7-9-19-29(25)35-30-20-10-8-16-26(30)28-18-11-21-31(33(28)35)34(32)2/h3-21H,1-2H3/q+1. The van der Waals surface area contributed by atoms with Crippen LogP contribution in [0.15, 0.2) is 115 Å².